The molecule has 2 heteroatoms. The molecule has 0 fully saturated rings. The van der Waals surface area contributed by atoms with Gasteiger partial charge in [-0.2, -0.15) is 0 Å². The minimum absolute atomic E-state index is 0.213. The van der Waals surface area contributed by atoms with Crippen LogP contribution in [0.2, 0.25) is 0 Å². The van der Waals surface area contributed by atoms with Crippen molar-refractivity contribution >= 4 is 0 Å². The van der Waals surface area contributed by atoms with E-state index in [0.29, 0.717) is 11.3 Å². The summed E-state index contributed by atoms with van der Waals surface area (Å²) in [6, 6.07) is 0. The van der Waals surface area contributed by atoms with E-state index in [1.54, 1.807) is 11.1 Å². The minimum atomic E-state index is -0.271. The molecule has 0 heterocycles. The molecular formula is C18H32O2. The van der Waals surface area contributed by atoms with Crippen LogP contribution in [0.25, 0.3) is 0 Å². The van der Waals surface area contributed by atoms with Gasteiger partial charge in [0.05, 0.1) is 5.60 Å². The van der Waals surface area contributed by atoms with Gasteiger partial charge in [-0.3, -0.25) is 0 Å². The Morgan fingerprint density at radius 3 is 2.40 bits per heavy atom. The molecule has 2 nitrogen and oxygen atoms in total. The van der Waals surface area contributed by atoms with Crippen LogP contribution in [-0.4, -0.2) is 25.4 Å². The standard InChI is InChI=1S/C18H32O2/c1-13-11-14-9-8-10-16(2,3)15(14)12-18(13,20-7)17(4,5)19-6/h13H,8-12H2,1-7H3. The molecule has 116 valence electrons. The zero-order valence-corrected chi connectivity index (χ0v) is 14.4. The second-order valence-electron chi connectivity index (χ2n) is 7.91. The topological polar surface area (TPSA) is 18.5 Å². The maximum Gasteiger partial charge on any atom is 0.103 e. The van der Waals surface area contributed by atoms with Crippen LogP contribution in [-0.2, 0) is 9.47 Å². The highest BCUT2D eigenvalue weighted by atomic mass is 16.5. The fourth-order valence-electron chi connectivity index (χ4n) is 4.58. The van der Waals surface area contributed by atoms with Crippen molar-refractivity contribution in [3.05, 3.63) is 11.1 Å². The predicted octanol–water partition coefficient (Wildman–Crippen LogP) is 4.73. The first-order valence-corrected chi connectivity index (χ1v) is 8.02. The van der Waals surface area contributed by atoms with Gasteiger partial charge in [-0.15, -0.1) is 0 Å². The Morgan fingerprint density at radius 1 is 1.20 bits per heavy atom. The maximum atomic E-state index is 6.13. The molecule has 0 radical (unpaired) electrons. The van der Waals surface area contributed by atoms with E-state index in [4.69, 9.17) is 9.47 Å². The van der Waals surface area contributed by atoms with Crippen molar-refractivity contribution in [2.24, 2.45) is 11.3 Å². The van der Waals surface area contributed by atoms with Crippen LogP contribution in [0.3, 0.4) is 0 Å². The van der Waals surface area contributed by atoms with Gasteiger partial charge in [-0.05, 0) is 50.9 Å². The average molecular weight is 280 g/mol. The summed E-state index contributed by atoms with van der Waals surface area (Å²) in [6.07, 6.45) is 6.11. The molecule has 2 unspecified atom stereocenters. The van der Waals surface area contributed by atoms with Gasteiger partial charge in [0, 0.05) is 20.6 Å². The molecule has 2 atom stereocenters. The van der Waals surface area contributed by atoms with Crippen molar-refractivity contribution in [3.63, 3.8) is 0 Å². The molecule has 20 heavy (non-hydrogen) atoms. The van der Waals surface area contributed by atoms with Crippen LogP contribution in [0.4, 0.5) is 0 Å². The third kappa shape index (κ3) is 2.25. The van der Waals surface area contributed by atoms with E-state index in [-0.39, 0.29) is 11.2 Å². The van der Waals surface area contributed by atoms with Crippen LogP contribution >= 0.6 is 0 Å². The fourth-order valence-corrected chi connectivity index (χ4v) is 4.58. The minimum Gasteiger partial charge on any atom is -0.376 e. The molecule has 0 saturated carbocycles. The summed E-state index contributed by atoms with van der Waals surface area (Å²) in [5, 5.41) is 0. The molecular weight excluding hydrogens is 248 g/mol. The molecule has 0 amide bonds. The van der Waals surface area contributed by atoms with Gasteiger partial charge in [0.2, 0.25) is 0 Å². The zero-order valence-electron chi connectivity index (χ0n) is 14.4. The van der Waals surface area contributed by atoms with E-state index in [9.17, 15) is 0 Å². The van der Waals surface area contributed by atoms with Gasteiger partial charge in [0.15, 0.2) is 0 Å². The predicted molar refractivity (Wildman–Crippen MR) is 83.9 cm³/mol. The fraction of sp³-hybridized carbons (Fsp3) is 0.889. The number of hydrogen-bond acceptors (Lipinski definition) is 2. The molecule has 2 rings (SSSR count). The SMILES string of the molecule is COC(C)(C)C1(OC)CC2=C(CCCC2(C)C)CC1C. The lowest BCUT2D eigenvalue weighted by Gasteiger charge is -2.54. The summed E-state index contributed by atoms with van der Waals surface area (Å²) in [5.74, 6) is 0.495. The molecule has 0 aromatic heterocycles. The van der Waals surface area contributed by atoms with Gasteiger partial charge >= 0.3 is 0 Å². The van der Waals surface area contributed by atoms with Crippen molar-refractivity contribution in [1.29, 1.82) is 0 Å². The molecule has 0 N–H and O–H groups in total. The van der Waals surface area contributed by atoms with E-state index in [2.05, 4.69) is 34.6 Å². The Hall–Kier alpha value is -0.340. The van der Waals surface area contributed by atoms with E-state index >= 15 is 0 Å². The lowest BCUT2D eigenvalue weighted by atomic mass is 9.58. The van der Waals surface area contributed by atoms with Crippen LogP contribution in [0.15, 0.2) is 11.1 Å². The first-order valence-electron chi connectivity index (χ1n) is 8.02. The zero-order chi connectivity index (χ0) is 15.2. The monoisotopic (exact) mass is 280 g/mol. The molecule has 0 spiro atoms. The summed E-state index contributed by atoms with van der Waals surface area (Å²) < 4.78 is 12.0. The highest BCUT2D eigenvalue weighted by Crippen LogP contribution is 2.54. The second-order valence-corrected chi connectivity index (χ2v) is 7.91. The first-order chi connectivity index (χ1) is 9.20. The third-order valence-corrected chi connectivity index (χ3v) is 6.21. The number of methoxy groups -OCH3 is 2. The number of ether oxygens (including phenoxy) is 2. The van der Waals surface area contributed by atoms with Gasteiger partial charge in [0.1, 0.15) is 5.60 Å². The van der Waals surface area contributed by atoms with Gasteiger partial charge < -0.3 is 9.47 Å². The smallest absolute Gasteiger partial charge is 0.103 e. The molecule has 2 aliphatic carbocycles. The van der Waals surface area contributed by atoms with E-state index in [1.165, 1.54) is 25.7 Å². The maximum absolute atomic E-state index is 6.13. The number of hydrogen-bond donors (Lipinski definition) is 0. The third-order valence-electron chi connectivity index (χ3n) is 6.21. The normalized spacial score (nSPS) is 34.0. The summed E-state index contributed by atoms with van der Waals surface area (Å²) in [6.45, 7) is 11.5. The first kappa shape index (κ1) is 16.0. The van der Waals surface area contributed by atoms with Crippen molar-refractivity contribution in [1.82, 2.24) is 0 Å². The summed E-state index contributed by atoms with van der Waals surface area (Å²) in [4.78, 5) is 0. The summed E-state index contributed by atoms with van der Waals surface area (Å²) in [5.41, 5.74) is 3.19. The Balaban J connectivity index is 2.46. The van der Waals surface area contributed by atoms with Crippen LogP contribution in [0.5, 0.6) is 0 Å². The van der Waals surface area contributed by atoms with Crippen molar-refractivity contribution in [3.8, 4) is 0 Å². The Kier molecular flexibility index (Phi) is 4.12. The molecule has 0 saturated heterocycles. The van der Waals surface area contributed by atoms with E-state index in [0.717, 1.165) is 6.42 Å². The van der Waals surface area contributed by atoms with Crippen molar-refractivity contribution in [2.75, 3.05) is 14.2 Å². The highest BCUT2D eigenvalue weighted by molar-refractivity contribution is 5.31. The van der Waals surface area contributed by atoms with Crippen LogP contribution in [0.1, 0.15) is 66.7 Å². The van der Waals surface area contributed by atoms with Gasteiger partial charge in [-0.1, -0.05) is 31.9 Å². The molecule has 0 aromatic rings. The quantitative estimate of drug-likeness (QED) is 0.696. The average Bonchev–Trinajstić information content (AvgIpc) is 2.37. The lowest BCUT2D eigenvalue weighted by molar-refractivity contribution is -0.197. The highest BCUT2D eigenvalue weighted by Gasteiger charge is 2.54. The van der Waals surface area contributed by atoms with E-state index < -0.39 is 0 Å². The summed E-state index contributed by atoms with van der Waals surface area (Å²) >= 11 is 0. The largest absolute Gasteiger partial charge is 0.376 e. The van der Waals surface area contributed by atoms with Crippen molar-refractivity contribution in [2.45, 2.75) is 77.9 Å². The number of rotatable bonds is 3. The van der Waals surface area contributed by atoms with Gasteiger partial charge in [-0.25, -0.2) is 0 Å². The van der Waals surface area contributed by atoms with Crippen molar-refractivity contribution < 1.29 is 9.47 Å². The molecule has 0 bridgehead atoms. The number of allylic oxidation sites excluding steroid dienone is 1. The Morgan fingerprint density at radius 2 is 1.85 bits per heavy atom. The summed E-state index contributed by atoms with van der Waals surface area (Å²) in [7, 11) is 3.67. The molecule has 0 aliphatic heterocycles. The van der Waals surface area contributed by atoms with Gasteiger partial charge in [0.25, 0.3) is 0 Å². The lowest BCUT2D eigenvalue weighted by Crippen LogP contribution is -2.59. The van der Waals surface area contributed by atoms with Crippen LogP contribution < -0.4 is 0 Å². The Labute approximate surface area is 124 Å². The Bertz CT molecular complexity index is 406. The van der Waals surface area contributed by atoms with Crippen LogP contribution in [0, 0.1) is 11.3 Å². The van der Waals surface area contributed by atoms with E-state index in [1.807, 2.05) is 14.2 Å². The molecule has 2 aliphatic rings. The second kappa shape index (κ2) is 5.14. The molecule has 0 aromatic carbocycles.